The molecule has 0 amide bonds. The minimum atomic E-state index is -1.15. The van der Waals surface area contributed by atoms with Crippen LogP contribution < -0.4 is 0 Å². The maximum absolute atomic E-state index is 3.84. The zero-order valence-corrected chi connectivity index (χ0v) is 7.01. The second-order valence-electron chi connectivity index (χ2n) is 2.81. The fraction of sp³-hybridized carbons (Fsp3) is 0.800. The summed E-state index contributed by atoms with van der Waals surface area (Å²) < 4.78 is 0. The van der Waals surface area contributed by atoms with Crippen molar-refractivity contribution in [3.63, 3.8) is 0 Å². The van der Waals surface area contributed by atoms with Crippen LogP contribution in [0, 0.1) is 6.92 Å². The van der Waals surface area contributed by atoms with Gasteiger partial charge in [0.15, 0.2) is 0 Å². The number of hydrogen-bond donors (Lipinski definition) is 0. The summed E-state index contributed by atoms with van der Waals surface area (Å²) in [7, 11) is 0. The first-order chi connectivity index (χ1) is 2.56. The van der Waals surface area contributed by atoms with E-state index in [-0.39, 0.29) is 0 Å². The third-order valence-electron chi connectivity index (χ3n) is 0.750. The Morgan fingerprint density at radius 1 is 1.33 bits per heavy atom. The Hall–Kier alpha value is 0.543. The normalized spacial score (nSPS) is 12.0. The first-order valence-electron chi connectivity index (χ1n) is 2.35. The van der Waals surface area contributed by atoms with Crippen molar-refractivity contribution in [2.75, 3.05) is 0 Å². The Kier molecular flexibility index (Phi) is 2.19. The summed E-state index contributed by atoms with van der Waals surface area (Å²) in [6, 6.07) is 0. The van der Waals surface area contributed by atoms with Crippen molar-refractivity contribution in [3.8, 4) is 0 Å². The molecule has 0 aliphatic rings. The molecule has 0 heterocycles. The van der Waals surface area contributed by atoms with Crippen LogP contribution >= 0.6 is 0 Å². The second kappa shape index (κ2) is 2.01. The molecule has 0 spiro atoms. The molecule has 0 aromatic heterocycles. The quantitative estimate of drug-likeness (QED) is 0.497. The van der Waals surface area contributed by atoms with Crippen molar-refractivity contribution in [1.82, 2.24) is 0 Å². The molecule has 0 rings (SSSR count). The first-order valence-corrected chi connectivity index (χ1v) is 10.1. The predicted octanol–water partition coefficient (Wildman–Crippen LogP) is 2.16. The minimum absolute atomic E-state index is 1.15. The van der Waals surface area contributed by atoms with E-state index in [2.05, 4.69) is 24.2 Å². The zero-order chi connectivity index (χ0) is 5.21. The van der Waals surface area contributed by atoms with Gasteiger partial charge in [0, 0.05) is 0 Å². The third kappa shape index (κ3) is 4.54. The summed E-state index contributed by atoms with van der Waals surface area (Å²) in [5.74, 6) is 7.10. The Balaban J connectivity index is 3.17. The Labute approximate surface area is 43.3 Å². The predicted molar refractivity (Wildman–Crippen MR) is 33.5 cm³/mol. The average Bonchev–Trinajstić information content (AvgIpc) is 1.35. The fourth-order valence-corrected chi connectivity index (χ4v) is 0. The molecule has 0 N–H and O–H groups in total. The molecule has 37 valence electrons. The molecule has 6 heavy (non-hydrogen) atoms. The van der Waals surface area contributed by atoms with E-state index in [1.54, 1.807) is 0 Å². The van der Waals surface area contributed by atoms with E-state index >= 15 is 0 Å². The summed E-state index contributed by atoms with van der Waals surface area (Å²) in [6.07, 6.45) is 0. The SMILES string of the molecule is [CH2][CH2][Ge]([CH3])([CH3])[CH3]. The zero-order valence-electron chi connectivity index (χ0n) is 4.91. The molecule has 0 saturated carbocycles. The molecule has 0 unspecified atom stereocenters. The topological polar surface area (TPSA) is 0 Å². The van der Waals surface area contributed by atoms with Crippen LogP contribution in [0.25, 0.3) is 0 Å². The van der Waals surface area contributed by atoms with Gasteiger partial charge in [0.2, 0.25) is 0 Å². The third-order valence-corrected chi connectivity index (χ3v) is 3.90. The summed E-state index contributed by atoms with van der Waals surface area (Å²) in [5, 5.41) is 1.21. The molecule has 0 aliphatic carbocycles. The molecule has 0 bridgehead atoms. The van der Waals surface area contributed by atoms with Gasteiger partial charge in [0.25, 0.3) is 0 Å². The molecule has 0 saturated heterocycles. The summed E-state index contributed by atoms with van der Waals surface area (Å²) >= 11 is -1.15. The van der Waals surface area contributed by atoms with Crippen LogP contribution in [0.2, 0.25) is 22.5 Å². The molecular weight excluding hydrogens is 133 g/mol. The van der Waals surface area contributed by atoms with Gasteiger partial charge in [-0.3, -0.25) is 0 Å². The standard InChI is InChI=1S/C5H13Ge/c1-5-6(2,3)4/h1,5H2,2-4H3. The number of rotatable bonds is 1. The van der Waals surface area contributed by atoms with Gasteiger partial charge in [0.05, 0.1) is 0 Å². The van der Waals surface area contributed by atoms with Crippen molar-refractivity contribution in [3.05, 3.63) is 6.92 Å². The van der Waals surface area contributed by atoms with Crippen molar-refractivity contribution in [1.29, 1.82) is 0 Å². The van der Waals surface area contributed by atoms with Gasteiger partial charge in [-0.2, -0.15) is 0 Å². The monoisotopic (exact) mass is 147 g/mol. The Morgan fingerprint density at radius 3 is 1.50 bits per heavy atom. The van der Waals surface area contributed by atoms with Crippen LogP contribution in [0.4, 0.5) is 0 Å². The summed E-state index contributed by atoms with van der Waals surface area (Å²) in [4.78, 5) is 0. The Morgan fingerprint density at radius 2 is 1.50 bits per heavy atom. The Bertz CT molecular complexity index is 33.7. The van der Waals surface area contributed by atoms with Crippen molar-refractivity contribution >= 4 is 13.3 Å². The van der Waals surface area contributed by atoms with Crippen LogP contribution in [0.1, 0.15) is 0 Å². The van der Waals surface area contributed by atoms with Crippen molar-refractivity contribution in [2.45, 2.75) is 22.5 Å². The van der Waals surface area contributed by atoms with Gasteiger partial charge in [-0.25, -0.2) is 0 Å². The van der Waals surface area contributed by atoms with Crippen molar-refractivity contribution < 1.29 is 0 Å². The average molecular weight is 146 g/mol. The number of hydrogen-bond acceptors (Lipinski definition) is 0. The van der Waals surface area contributed by atoms with Gasteiger partial charge in [-0.15, -0.1) is 0 Å². The first kappa shape index (κ1) is 6.54. The molecule has 0 atom stereocenters. The van der Waals surface area contributed by atoms with Crippen LogP contribution in [-0.2, 0) is 0 Å². The van der Waals surface area contributed by atoms with Crippen LogP contribution in [-0.4, -0.2) is 13.3 Å². The molecule has 0 aromatic rings. The van der Waals surface area contributed by atoms with E-state index in [1.165, 1.54) is 5.25 Å². The maximum atomic E-state index is 3.84. The van der Waals surface area contributed by atoms with Crippen molar-refractivity contribution in [2.24, 2.45) is 0 Å². The van der Waals surface area contributed by atoms with E-state index in [4.69, 9.17) is 0 Å². The molecule has 0 fully saturated rings. The molecule has 0 aliphatic heterocycles. The van der Waals surface area contributed by atoms with Gasteiger partial charge in [0.1, 0.15) is 0 Å². The second-order valence-corrected chi connectivity index (χ2v) is 14.6. The van der Waals surface area contributed by atoms with Gasteiger partial charge < -0.3 is 0 Å². The van der Waals surface area contributed by atoms with E-state index in [0.717, 1.165) is 0 Å². The molecule has 0 nitrogen and oxygen atoms in total. The van der Waals surface area contributed by atoms with Gasteiger partial charge in [-0.1, -0.05) is 0 Å². The van der Waals surface area contributed by atoms with Crippen LogP contribution in [0.15, 0.2) is 0 Å². The summed E-state index contributed by atoms with van der Waals surface area (Å²) in [6.45, 7) is 3.84. The molecule has 1 heteroatoms. The van der Waals surface area contributed by atoms with Gasteiger partial charge >= 0.3 is 42.7 Å². The molecule has 0 aromatic carbocycles. The van der Waals surface area contributed by atoms with Crippen LogP contribution in [0.5, 0.6) is 0 Å². The molecular formula is C5H13Ge. The fourth-order valence-electron chi connectivity index (χ4n) is 0. The van der Waals surface area contributed by atoms with E-state index < -0.39 is 13.3 Å². The van der Waals surface area contributed by atoms with Gasteiger partial charge in [-0.05, 0) is 0 Å². The van der Waals surface area contributed by atoms with E-state index in [1.807, 2.05) is 0 Å². The van der Waals surface area contributed by atoms with E-state index in [0.29, 0.717) is 0 Å². The van der Waals surface area contributed by atoms with E-state index in [9.17, 15) is 0 Å². The van der Waals surface area contributed by atoms with Crippen LogP contribution in [0.3, 0.4) is 0 Å². The molecule has 1 radical (unpaired) electrons. The summed E-state index contributed by atoms with van der Waals surface area (Å²) in [5.41, 5.74) is 0.